The SMILES string of the molecule is NC(=O)N/N=C\c1ccc(-c2ccc(F)cc2)o1. The summed E-state index contributed by atoms with van der Waals surface area (Å²) in [6.07, 6.45) is 1.32. The van der Waals surface area contributed by atoms with Gasteiger partial charge in [-0.25, -0.2) is 14.6 Å². The van der Waals surface area contributed by atoms with Crippen LogP contribution in [-0.4, -0.2) is 12.2 Å². The van der Waals surface area contributed by atoms with Gasteiger partial charge in [0.2, 0.25) is 0 Å². The molecular formula is C12H10FN3O2. The van der Waals surface area contributed by atoms with E-state index in [1.807, 2.05) is 5.43 Å². The van der Waals surface area contributed by atoms with Gasteiger partial charge in [0.15, 0.2) is 0 Å². The van der Waals surface area contributed by atoms with Crippen LogP contribution in [0.1, 0.15) is 5.76 Å². The lowest BCUT2D eigenvalue weighted by molar-refractivity contribution is 0.249. The summed E-state index contributed by atoms with van der Waals surface area (Å²) in [5.41, 5.74) is 7.64. The molecule has 0 aliphatic heterocycles. The molecule has 2 aromatic rings. The molecule has 0 radical (unpaired) electrons. The van der Waals surface area contributed by atoms with Gasteiger partial charge < -0.3 is 10.2 Å². The molecule has 1 heterocycles. The van der Waals surface area contributed by atoms with Crippen molar-refractivity contribution in [3.05, 3.63) is 48.0 Å². The van der Waals surface area contributed by atoms with Crippen molar-refractivity contribution in [1.29, 1.82) is 0 Å². The lowest BCUT2D eigenvalue weighted by Crippen LogP contribution is -2.24. The number of benzene rings is 1. The Morgan fingerprint density at radius 3 is 2.67 bits per heavy atom. The van der Waals surface area contributed by atoms with Crippen LogP contribution in [0.15, 0.2) is 45.9 Å². The second-order valence-electron chi connectivity index (χ2n) is 3.44. The Bertz CT molecular complexity index is 575. The molecule has 0 bridgehead atoms. The molecule has 0 spiro atoms. The van der Waals surface area contributed by atoms with Crippen molar-refractivity contribution in [2.75, 3.05) is 0 Å². The van der Waals surface area contributed by atoms with Crippen molar-refractivity contribution in [1.82, 2.24) is 5.43 Å². The van der Waals surface area contributed by atoms with E-state index in [-0.39, 0.29) is 5.82 Å². The van der Waals surface area contributed by atoms with Gasteiger partial charge in [-0.05, 0) is 36.4 Å². The van der Waals surface area contributed by atoms with E-state index in [1.165, 1.54) is 18.3 Å². The number of hydrogen-bond donors (Lipinski definition) is 2. The predicted octanol–water partition coefficient (Wildman–Crippen LogP) is 2.09. The number of rotatable bonds is 3. The molecule has 1 aromatic carbocycles. The van der Waals surface area contributed by atoms with Crippen molar-refractivity contribution < 1.29 is 13.6 Å². The van der Waals surface area contributed by atoms with Crippen LogP contribution >= 0.6 is 0 Å². The Labute approximate surface area is 102 Å². The van der Waals surface area contributed by atoms with Gasteiger partial charge in [-0.3, -0.25) is 0 Å². The van der Waals surface area contributed by atoms with Crippen LogP contribution in [0.4, 0.5) is 9.18 Å². The molecule has 0 fully saturated rings. The maximum Gasteiger partial charge on any atom is 0.332 e. The van der Waals surface area contributed by atoms with Gasteiger partial charge in [0.1, 0.15) is 17.3 Å². The van der Waals surface area contributed by atoms with Crippen LogP contribution in [0, 0.1) is 5.82 Å². The minimum atomic E-state index is -0.753. The maximum absolute atomic E-state index is 12.7. The Hall–Kier alpha value is -2.63. The zero-order valence-corrected chi connectivity index (χ0v) is 9.26. The highest BCUT2D eigenvalue weighted by atomic mass is 19.1. The summed E-state index contributed by atoms with van der Waals surface area (Å²) in [5, 5.41) is 3.56. The molecule has 2 rings (SSSR count). The van der Waals surface area contributed by atoms with E-state index < -0.39 is 6.03 Å². The number of nitrogens with zero attached hydrogens (tertiary/aromatic N) is 1. The molecule has 0 atom stereocenters. The average Bonchev–Trinajstić information content (AvgIpc) is 2.78. The number of carbonyl (C=O) groups excluding carboxylic acids is 1. The number of carbonyl (C=O) groups is 1. The lowest BCUT2D eigenvalue weighted by atomic mass is 10.2. The van der Waals surface area contributed by atoms with E-state index in [4.69, 9.17) is 10.2 Å². The van der Waals surface area contributed by atoms with Crippen molar-refractivity contribution in [3.63, 3.8) is 0 Å². The highest BCUT2D eigenvalue weighted by molar-refractivity contribution is 5.79. The zero-order chi connectivity index (χ0) is 13.0. The Morgan fingerprint density at radius 2 is 2.00 bits per heavy atom. The smallest absolute Gasteiger partial charge is 0.332 e. The molecule has 18 heavy (non-hydrogen) atoms. The van der Waals surface area contributed by atoms with Crippen LogP contribution in [0.5, 0.6) is 0 Å². The third kappa shape index (κ3) is 2.94. The van der Waals surface area contributed by atoms with Gasteiger partial charge in [-0.2, -0.15) is 5.10 Å². The average molecular weight is 247 g/mol. The molecule has 1 aromatic heterocycles. The number of furan rings is 1. The maximum atomic E-state index is 12.7. The van der Waals surface area contributed by atoms with Gasteiger partial charge in [0.05, 0.1) is 6.21 Å². The van der Waals surface area contributed by atoms with Crippen molar-refractivity contribution in [2.45, 2.75) is 0 Å². The quantitative estimate of drug-likeness (QED) is 0.643. The topological polar surface area (TPSA) is 80.6 Å². The standard InChI is InChI=1S/C12H10FN3O2/c13-9-3-1-8(2-4-9)11-6-5-10(18-11)7-15-16-12(14)17/h1-7H,(H3,14,16,17)/b15-7-. The van der Waals surface area contributed by atoms with E-state index in [1.54, 1.807) is 24.3 Å². The summed E-state index contributed by atoms with van der Waals surface area (Å²) in [6, 6.07) is 8.55. The van der Waals surface area contributed by atoms with E-state index in [0.717, 1.165) is 5.56 Å². The lowest BCUT2D eigenvalue weighted by Gasteiger charge is -1.95. The Morgan fingerprint density at radius 1 is 1.28 bits per heavy atom. The highest BCUT2D eigenvalue weighted by Crippen LogP contribution is 2.21. The van der Waals surface area contributed by atoms with Gasteiger partial charge in [0, 0.05) is 5.56 Å². The Balaban J connectivity index is 2.12. The number of nitrogens with two attached hydrogens (primary N) is 1. The molecule has 2 amide bonds. The fraction of sp³-hybridized carbons (Fsp3) is 0. The third-order valence-corrected chi connectivity index (χ3v) is 2.12. The van der Waals surface area contributed by atoms with Crippen molar-refractivity contribution in [2.24, 2.45) is 10.8 Å². The van der Waals surface area contributed by atoms with E-state index >= 15 is 0 Å². The molecule has 0 saturated carbocycles. The van der Waals surface area contributed by atoms with Crippen molar-refractivity contribution >= 4 is 12.2 Å². The fourth-order valence-electron chi connectivity index (χ4n) is 1.35. The van der Waals surface area contributed by atoms with Crippen molar-refractivity contribution in [3.8, 4) is 11.3 Å². The van der Waals surface area contributed by atoms with Gasteiger partial charge >= 0.3 is 6.03 Å². The van der Waals surface area contributed by atoms with E-state index in [9.17, 15) is 9.18 Å². The van der Waals surface area contributed by atoms with Gasteiger partial charge in [-0.1, -0.05) is 0 Å². The number of halogens is 1. The van der Waals surface area contributed by atoms with Crippen LogP contribution in [-0.2, 0) is 0 Å². The normalized spacial score (nSPS) is 10.7. The van der Waals surface area contributed by atoms with E-state index in [2.05, 4.69) is 5.10 Å². The van der Waals surface area contributed by atoms with Crippen LogP contribution in [0.3, 0.4) is 0 Å². The summed E-state index contributed by atoms with van der Waals surface area (Å²) in [4.78, 5) is 10.4. The van der Waals surface area contributed by atoms with Crippen LogP contribution in [0.2, 0.25) is 0 Å². The first kappa shape index (κ1) is 11.8. The molecule has 92 valence electrons. The summed E-state index contributed by atoms with van der Waals surface area (Å²) < 4.78 is 18.2. The number of primary amides is 1. The molecule has 5 nitrogen and oxygen atoms in total. The third-order valence-electron chi connectivity index (χ3n) is 2.12. The summed E-state index contributed by atoms with van der Waals surface area (Å²) >= 11 is 0. The zero-order valence-electron chi connectivity index (χ0n) is 9.26. The molecular weight excluding hydrogens is 237 g/mol. The molecule has 0 saturated heterocycles. The monoisotopic (exact) mass is 247 g/mol. The largest absolute Gasteiger partial charge is 0.455 e. The van der Waals surface area contributed by atoms with Crippen LogP contribution < -0.4 is 11.2 Å². The molecule has 6 heteroatoms. The summed E-state index contributed by atoms with van der Waals surface area (Å²) in [7, 11) is 0. The molecule has 3 N–H and O–H groups in total. The number of nitrogens with one attached hydrogen (secondary N) is 1. The van der Waals surface area contributed by atoms with E-state index in [0.29, 0.717) is 11.5 Å². The number of amides is 2. The molecule has 0 aliphatic carbocycles. The number of hydrogen-bond acceptors (Lipinski definition) is 3. The van der Waals surface area contributed by atoms with Gasteiger partial charge in [0.25, 0.3) is 0 Å². The highest BCUT2D eigenvalue weighted by Gasteiger charge is 2.03. The van der Waals surface area contributed by atoms with Crippen LogP contribution in [0.25, 0.3) is 11.3 Å². The number of hydrazone groups is 1. The Kier molecular flexibility index (Phi) is 3.38. The minimum Gasteiger partial charge on any atom is -0.455 e. The predicted molar refractivity (Wildman–Crippen MR) is 64.4 cm³/mol. The second-order valence-corrected chi connectivity index (χ2v) is 3.44. The molecule has 0 unspecified atom stereocenters. The first-order valence-electron chi connectivity index (χ1n) is 5.09. The minimum absolute atomic E-state index is 0.308. The summed E-state index contributed by atoms with van der Waals surface area (Å²) in [5.74, 6) is 0.719. The second kappa shape index (κ2) is 5.13. The first-order chi connectivity index (χ1) is 8.65. The number of urea groups is 1. The van der Waals surface area contributed by atoms with Gasteiger partial charge in [-0.15, -0.1) is 0 Å². The molecule has 0 aliphatic rings. The summed E-state index contributed by atoms with van der Waals surface area (Å²) in [6.45, 7) is 0. The first-order valence-corrected chi connectivity index (χ1v) is 5.09. The fourth-order valence-corrected chi connectivity index (χ4v) is 1.35.